The molecular weight excluding hydrogens is 358 g/mol. The summed E-state index contributed by atoms with van der Waals surface area (Å²) in [5.74, 6) is -2.15. The molecule has 27 heavy (non-hydrogen) atoms. The normalized spacial score (nSPS) is 12.0. The average molecular weight is 373 g/mol. The van der Waals surface area contributed by atoms with E-state index in [1.807, 2.05) is 0 Å². The zero-order valence-electron chi connectivity index (χ0n) is 13.7. The van der Waals surface area contributed by atoms with Gasteiger partial charge in [0.2, 0.25) is 0 Å². The molecule has 0 bridgehead atoms. The first-order valence-electron chi connectivity index (χ1n) is 7.70. The van der Waals surface area contributed by atoms with Crippen molar-refractivity contribution in [3.63, 3.8) is 0 Å². The van der Waals surface area contributed by atoms with Gasteiger partial charge in [0.05, 0.1) is 0 Å². The van der Waals surface area contributed by atoms with E-state index in [0.717, 1.165) is 12.1 Å². The molecule has 3 aromatic rings. The summed E-state index contributed by atoms with van der Waals surface area (Å²) in [4.78, 5) is 22.9. The fourth-order valence-electron chi connectivity index (χ4n) is 2.44. The van der Waals surface area contributed by atoms with E-state index in [1.165, 1.54) is 24.3 Å². The smallest absolute Gasteiger partial charge is 0.324 e. The summed E-state index contributed by atoms with van der Waals surface area (Å²) in [5.41, 5.74) is 5.10. The average Bonchev–Trinajstić information content (AvgIpc) is 2.59. The van der Waals surface area contributed by atoms with Crippen LogP contribution in [0.4, 0.5) is 0 Å². The van der Waals surface area contributed by atoms with Crippen LogP contribution in [-0.4, -0.2) is 39.0 Å². The van der Waals surface area contributed by atoms with Gasteiger partial charge in [0, 0.05) is 23.8 Å². The van der Waals surface area contributed by atoms with Gasteiger partial charge in [0.1, 0.15) is 40.9 Å². The maximum atomic E-state index is 12.2. The Labute approximate surface area is 151 Å². The Balaban J connectivity index is 1.96. The van der Waals surface area contributed by atoms with Crippen LogP contribution in [-0.2, 0) is 4.79 Å². The summed E-state index contributed by atoms with van der Waals surface area (Å²) in [6.07, 6.45) is 0. The second kappa shape index (κ2) is 6.89. The molecule has 6 N–H and O–H groups in total. The number of fused-ring (bicyclic) bond motifs is 1. The Kier molecular flexibility index (Phi) is 4.61. The van der Waals surface area contributed by atoms with Crippen molar-refractivity contribution >= 4 is 16.9 Å². The highest BCUT2D eigenvalue weighted by atomic mass is 16.5. The van der Waals surface area contributed by atoms with E-state index < -0.39 is 23.2 Å². The van der Waals surface area contributed by atoms with Crippen LogP contribution < -0.4 is 15.9 Å². The summed E-state index contributed by atoms with van der Waals surface area (Å²) in [5, 5.41) is 38.1. The van der Waals surface area contributed by atoms with Gasteiger partial charge in [-0.2, -0.15) is 0 Å². The lowest BCUT2D eigenvalue weighted by Gasteiger charge is -2.11. The Morgan fingerprint density at radius 3 is 2.52 bits per heavy atom. The molecule has 1 aromatic heterocycles. The molecule has 0 fully saturated rings. The van der Waals surface area contributed by atoms with Crippen molar-refractivity contribution in [1.82, 2.24) is 0 Å². The number of carboxylic acid groups (broad SMARTS) is 1. The third-order valence-corrected chi connectivity index (χ3v) is 3.77. The quantitative estimate of drug-likeness (QED) is 0.444. The summed E-state index contributed by atoms with van der Waals surface area (Å²) < 4.78 is 10.7. The molecule has 0 aliphatic rings. The van der Waals surface area contributed by atoms with Gasteiger partial charge >= 0.3 is 5.97 Å². The maximum absolute atomic E-state index is 12.2. The first kappa shape index (κ1) is 18.1. The number of phenols is 3. The number of carboxylic acids is 1. The van der Waals surface area contributed by atoms with E-state index >= 15 is 0 Å². The molecular formula is C18H15NO8. The minimum Gasteiger partial charge on any atom is -0.508 e. The number of hydrogen-bond donors (Lipinski definition) is 5. The predicted octanol–water partition coefficient (Wildman–Crippen LogP) is 1.37. The molecule has 0 aliphatic carbocycles. The van der Waals surface area contributed by atoms with Crippen LogP contribution in [0.3, 0.4) is 0 Å². The first-order chi connectivity index (χ1) is 12.8. The van der Waals surface area contributed by atoms with Crippen molar-refractivity contribution in [3.8, 4) is 34.3 Å². The van der Waals surface area contributed by atoms with Crippen LogP contribution in [0.2, 0.25) is 0 Å². The van der Waals surface area contributed by atoms with Gasteiger partial charge < -0.3 is 35.3 Å². The lowest BCUT2D eigenvalue weighted by molar-refractivity contribution is -0.139. The molecule has 3 rings (SSSR count). The van der Waals surface area contributed by atoms with E-state index in [2.05, 4.69) is 0 Å². The highest BCUT2D eigenvalue weighted by Gasteiger charge is 2.16. The van der Waals surface area contributed by atoms with Gasteiger partial charge in [-0.05, 0) is 18.2 Å². The van der Waals surface area contributed by atoms with E-state index in [0.29, 0.717) is 5.56 Å². The molecule has 9 nitrogen and oxygen atoms in total. The molecule has 0 saturated heterocycles. The number of ether oxygens (including phenoxy) is 1. The highest BCUT2D eigenvalue weighted by molar-refractivity contribution is 5.86. The van der Waals surface area contributed by atoms with Crippen molar-refractivity contribution in [2.75, 3.05) is 6.61 Å². The van der Waals surface area contributed by atoms with Crippen molar-refractivity contribution in [2.45, 2.75) is 6.04 Å². The lowest BCUT2D eigenvalue weighted by Crippen LogP contribution is -2.36. The lowest BCUT2D eigenvalue weighted by atomic mass is 10.1. The summed E-state index contributed by atoms with van der Waals surface area (Å²) in [6.45, 7) is -0.341. The third-order valence-electron chi connectivity index (χ3n) is 3.77. The number of benzene rings is 2. The Morgan fingerprint density at radius 2 is 1.85 bits per heavy atom. The van der Waals surface area contributed by atoms with Crippen LogP contribution in [0, 0.1) is 0 Å². The number of rotatable bonds is 5. The largest absolute Gasteiger partial charge is 0.508 e. The van der Waals surface area contributed by atoms with E-state index in [9.17, 15) is 24.9 Å². The van der Waals surface area contributed by atoms with Crippen molar-refractivity contribution in [1.29, 1.82) is 0 Å². The molecule has 0 saturated carbocycles. The third kappa shape index (κ3) is 3.62. The zero-order valence-corrected chi connectivity index (χ0v) is 13.7. The number of hydrogen-bond acceptors (Lipinski definition) is 8. The molecule has 1 atom stereocenters. The molecule has 0 spiro atoms. The number of carbonyl (C=O) groups is 1. The Hall–Kier alpha value is -3.72. The number of nitrogens with two attached hydrogens (primary N) is 1. The molecule has 1 heterocycles. The number of aliphatic carboxylic acids is 1. The van der Waals surface area contributed by atoms with E-state index in [4.69, 9.17) is 20.0 Å². The second-order valence-corrected chi connectivity index (χ2v) is 5.75. The topological polar surface area (TPSA) is 163 Å². The standard InChI is InChI=1S/C18H15NO8/c19-10(18(24)25)7-26-14-2-1-8(3-11(14)21)15-6-13(23)17-12(22)4-9(20)5-16(17)27-15/h1-6,10,20-22H,7,19H2,(H,24,25). The summed E-state index contributed by atoms with van der Waals surface area (Å²) >= 11 is 0. The van der Waals surface area contributed by atoms with Crippen molar-refractivity contribution in [2.24, 2.45) is 5.73 Å². The van der Waals surface area contributed by atoms with Crippen molar-refractivity contribution in [3.05, 3.63) is 46.6 Å². The van der Waals surface area contributed by atoms with E-state index in [-0.39, 0.29) is 40.6 Å². The molecule has 9 heteroatoms. The minimum atomic E-state index is -1.25. The predicted molar refractivity (Wildman–Crippen MR) is 94.0 cm³/mol. The minimum absolute atomic E-state index is 0.00822. The molecule has 0 radical (unpaired) electrons. The van der Waals surface area contributed by atoms with Gasteiger partial charge in [-0.3, -0.25) is 9.59 Å². The summed E-state index contributed by atoms with van der Waals surface area (Å²) in [7, 11) is 0. The Bertz CT molecular complexity index is 1090. The molecule has 140 valence electrons. The molecule has 0 amide bonds. The number of aromatic hydroxyl groups is 3. The zero-order chi connectivity index (χ0) is 19.7. The van der Waals surface area contributed by atoms with Crippen LogP contribution >= 0.6 is 0 Å². The molecule has 2 aromatic carbocycles. The van der Waals surface area contributed by atoms with Gasteiger partial charge in [-0.1, -0.05) is 0 Å². The highest BCUT2D eigenvalue weighted by Crippen LogP contribution is 2.34. The Morgan fingerprint density at radius 1 is 1.11 bits per heavy atom. The molecule has 0 aliphatic heterocycles. The SMILES string of the molecule is NC(COc1ccc(-c2cc(=O)c3c(O)cc(O)cc3o2)cc1O)C(=O)O. The second-order valence-electron chi connectivity index (χ2n) is 5.75. The van der Waals surface area contributed by atoms with E-state index in [1.54, 1.807) is 0 Å². The van der Waals surface area contributed by atoms with Crippen LogP contribution in [0.5, 0.6) is 23.0 Å². The fraction of sp³-hybridized carbons (Fsp3) is 0.111. The number of phenolic OH excluding ortho intramolecular Hbond substituents is 3. The van der Waals surface area contributed by atoms with Crippen LogP contribution in [0.15, 0.2) is 45.6 Å². The van der Waals surface area contributed by atoms with Gasteiger partial charge in [0.15, 0.2) is 16.9 Å². The van der Waals surface area contributed by atoms with Gasteiger partial charge in [0.25, 0.3) is 0 Å². The first-order valence-corrected chi connectivity index (χ1v) is 7.70. The van der Waals surface area contributed by atoms with Crippen LogP contribution in [0.25, 0.3) is 22.3 Å². The van der Waals surface area contributed by atoms with Gasteiger partial charge in [-0.15, -0.1) is 0 Å². The molecule has 1 unspecified atom stereocenters. The van der Waals surface area contributed by atoms with Crippen molar-refractivity contribution < 1.29 is 34.4 Å². The fourth-order valence-corrected chi connectivity index (χ4v) is 2.44. The van der Waals surface area contributed by atoms with Gasteiger partial charge in [-0.25, -0.2) is 0 Å². The van der Waals surface area contributed by atoms with Crippen LogP contribution in [0.1, 0.15) is 0 Å². The monoisotopic (exact) mass is 373 g/mol. The maximum Gasteiger partial charge on any atom is 0.324 e. The summed E-state index contributed by atoms with van der Waals surface area (Å²) in [6, 6.07) is 6.20.